The first-order chi connectivity index (χ1) is 10.7. The minimum atomic E-state index is 0.0503. The van der Waals surface area contributed by atoms with Gasteiger partial charge in [-0.1, -0.05) is 24.0 Å². The van der Waals surface area contributed by atoms with Crippen molar-refractivity contribution in [2.45, 2.75) is 19.3 Å². The van der Waals surface area contributed by atoms with Crippen molar-refractivity contribution in [2.75, 3.05) is 36.9 Å². The van der Waals surface area contributed by atoms with E-state index < -0.39 is 0 Å². The third-order valence-electron chi connectivity index (χ3n) is 3.93. The lowest BCUT2D eigenvalue weighted by molar-refractivity contribution is -0.115. The molecular formula is C16H20N2O2S2. The molecule has 2 aliphatic rings. The van der Waals surface area contributed by atoms with Gasteiger partial charge in [0.2, 0.25) is 5.91 Å². The smallest absolute Gasteiger partial charge is 0.243 e. The average molecular weight is 336 g/mol. The van der Waals surface area contributed by atoms with E-state index >= 15 is 0 Å². The largest absolute Gasteiger partial charge is 0.494 e. The summed E-state index contributed by atoms with van der Waals surface area (Å²) in [6, 6.07) is 7.60. The molecule has 1 amide bonds. The predicted molar refractivity (Wildman–Crippen MR) is 94.8 cm³/mol. The van der Waals surface area contributed by atoms with E-state index in [1.54, 1.807) is 4.90 Å². The van der Waals surface area contributed by atoms with E-state index in [0.29, 0.717) is 10.1 Å². The molecule has 0 spiro atoms. The van der Waals surface area contributed by atoms with Crippen LogP contribution in [-0.2, 0) is 4.79 Å². The Bertz CT molecular complexity index is 526. The van der Waals surface area contributed by atoms with Gasteiger partial charge < -0.3 is 9.64 Å². The molecular weight excluding hydrogens is 316 g/mol. The van der Waals surface area contributed by atoms with Crippen molar-refractivity contribution >= 4 is 39.9 Å². The van der Waals surface area contributed by atoms with E-state index in [4.69, 9.17) is 17.0 Å². The monoisotopic (exact) mass is 336 g/mol. The molecule has 118 valence electrons. The molecule has 2 saturated heterocycles. The van der Waals surface area contributed by atoms with Gasteiger partial charge in [0.15, 0.2) is 0 Å². The Hall–Kier alpha value is -1.11. The second kappa shape index (κ2) is 7.44. The van der Waals surface area contributed by atoms with Gasteiger partial charge in [-0.2, -0.15) is 0 Å². The van der Waals surface area contributed by atoms with Gasteiger partial charge in [-0.15, -0.1) is 0 Å². The number of benzene rings is 1. The second-order valence-electron chi connectivity index (χ2n) is 5.53. The Kier molecular flexibility index (Phi) is 5.33. The van der Waals surface area contributed by atoms with Crippen LogP contribution in [0.4, 0.5) is 5.69 Å². The SMILES string of the molecule is O=C1CSC(=S)N1c1ccc(OCCCN2CCCC2)cc1. The molecule has 1 aromatic rings. The maximum absolute atomic E-state index is 11.8. The van der Waals surface area contributed by atoms with Gasteiger partial charge in [-0.25, -0.2) is 0 Å². The van der Waals surface area contributed by atoms with Crippen LogP contribution in [0, 0.1) is 0 Å². The van der Waals surface area contributed by atoms with Crippen molar-refractivity contribution in [3.63, 3.8) is 0 Å². The Balaban J connectivity index is 1.47. The fraction of sp³-hybridized carbons (Fsp3) is 0.500. The summed E-state index contributed by atoms with van der Waals surface area (Å²) in [5, 5.41) is 0. The third-order valence-corrected chi connectivity index (χ3v) is 5.29. The second-order valence-corrected chi connectivity index (χ2v) is 7.14. The first kappa shape index (κ1) is 15.8. The number of ether oxygens (including phenoxy) is 1. The Morgan fingerprint density at radius 2 is 1.91 bits per heavy atom. The molecule has 0 atom stereocenters. The molecule has 2 fully saturated rings. The highest BCUT2D eigenvalue weighted by atomic mass is 32.2. The van der Waals surface area contributed by atoms with E-state index in [0.717, 1.165) is 31.0 Å². The molecule has 1 aromatic carbocycles. The summed E-state index contributed by atoms with van der Waals surface area (Å²) in [6.45, 7) is 4.31. The van der Waals surface area contributed by atoms with Crippen LogP contribution in [0.2, 0.25) is 0 Å². The summed E-state index contributed by atoms with van der Waals surface area (Å²) in [5.41, 5.74) is 0.824. The normalized spacial score (nSPS) is 19.2. The number of thiocarbonyl (C=S) groups is 1. The van der Waals surface area contributed by atoms with Crippen molar-refractivity contribution in [1.82, 2.24) is 4.90 Å². The molecule has 0 bridgehead atoms. The van der Waals surface area contributed by atoms with Gasteiger partial charge in [0.1, 0.15) is 10.1 Å². The number of amides is 1. The summed E-state index contributed by atoms with van der Waals surface area (Å²) in [7, 11) is 0. The quantitative estimate of drug-likeness (QED) is 0.589. The standard InChI is InChI=1S/C16H20N2O2S2/c19-15-12-22-16(21)18(15)13-4-6-14(7-5-13)20-11-3-10-17-8-1-2-9-17/h4-7H,1-3,8-12H2. The lowest BCUT2D eigenvalue weighted by Crippen LogP contribution is -2.27. The van der Waals surface area contributed by atoms with Crippen molar-refractivity contribution in [3.05, 3.63) is 24.3 Å². The zero-order chi connectivity index (χ0) is 15.4. The van der Waals surface area contributed by atoms with E-state index in [2.05, 4.69) is 4.90 Å². The van der Waals surface area contributed by atoms with Crippen LogP contribution in [-0.4, -0.2) is 47.1 Å². The molecule has 6 heteroatoms. The number of likely N-dealkylation sites (tertiary alicyclic amines) is 1. The molecule has 2 aliphatic heterocycles. The first-order valence-electron chi connectivity index (χ1n) is 7.69. The summed E-state index contributed by atoms with van der Waals surface area (Å²) in [5.74, 6) is 1.33. The number of rotatable bonds is 6. The van der Waals surface area contributed by atoms with E-state index in [1.807, 2.05) is 24.3 Å². The number of carbonyl (C=O) groups excluding carboxylic acids is 1. The van der Waals surface area contributed by atoms with Crippen LogP contribution in [0.25, 0.3) is 0 Å². The molecule has 0 unspecified atom stereocenters. The predicted octanol–water partition coefficient (Wildman–Crippen LogP) is 2.92. The minimum absolute atomic E-state index is 0.0503. The van der Waals surface area contributed by atoms with Crippen LogP contribution in [0.1, 0.15) is 19.3 Å². The van der Waals surface area contributed by atoms with Crippen molar-refractivity contribution < 1.29 is 9.53 Å². The Labute approximate surface area is 140 Å². The number of anilines is 1. The topological polar surface area (TPSA) is 32.8 Å². The van der Waals surface area contributed by atoms with E-state index in [1.165, 1.54) is 37.7 Å². The van der Waals surface area contributed by atoms with Gasteiger partial charge in [-0.05, 0) is 56.6 Å². The maximum atomic E-state index is 11.8. The zero-order valence-corrected chi connectivity index (χ0v) is 14.1. The molecule has 4 nitrogen and oxygen atoms in total. The zero-order valence-electron chi connectivity index (χ0n) is 12.5. The molecule has 2 heterocycles. The van der Waals surface area contributed by atoms with Gasteiger partial charge in [-0.3, -0.25) is 9.69 Å². The lowest BCUT2D eigenvalue weighted by Gasteiger charge is -2.16. The molecule has 3 rings (SSSR count). The maximum Gasteiger partial charge on any atom is 0.243 e. The van der Waals surface area contributed by atoms with Gasteiger partial charge in [0, 0.05) is 6.54 Å². The summed E-state index contributed by atoms with van der Waals surface area (Å²) >= 11 is 6.62. The number of hydrogen-bond acceptors (Lipinski definition) is 5. The molecule has 22 heavy (non-hydrogen) atoms. The van der Waals surface area contributed by atoms with Crippen LogP contribution in [0.15, 0.2) is 24.3 Å². The molecule has 0 N–H and O–H groups in total. The molecule has 0 radical (unpaired) electrons. The van der Waals surface area contributed by atoms with Gasteiger partial charge >= 0.3 is 0 Å². The molecule has 0 saturated carbocycles. The fourth-order valence-corrected chi connectivity index (χ4v) is 3.88. The number of carbonyl (C=O) groups is 1. The number of hydrogen-bond donors (Lipinski definition) is 0. The summed E-state index contributed by atoms with van der Waals surface area (Å²) in [6.07, 6.45) is 3.71. The van der Waals surface area contributed by atoms with Gasteiger partial charge in [0.25, 0.3) is 0 Å². The van der Waals surface area contributed by atoms with Crippen LogP contribution in [0.3, 0.4) is 0 Å². The van der Waals surface area contributed by atoms with Gasteiger partial charge in [0.05, 0.1) is 18.0 Å². The van der Waals surface area contributed by atoms with E-state index in [-0.39, 0.29) is 5.91 Å². The van der Waals surface area contributed by atoms with Crippen molar-refractivity contribution in [1.29, 1.82) is 0 Å². The van der Waals surface area contributed by atoms with Crippen molar-refractivity contribution in [2.24, 2.45) is 0 Å². The summed E-state index contributed by atoms with van der Waals surface area (Å²) < 4.78 is 6.40. The third kappa shape index (κ3) is 3.80. The van der Waals surface area contributed by atoms with Crippen molar-refractivity contribution in [3.8, 4) is 5.75 Å². The fourth-order valence-electron chi connectivity index (χ4n) is 2.78. The Morgan fingerprint density at radius 1 is 1.18 bits per heavy atom. The highest BCUT2D eigenvalue weighted by molar-refractivity contribution is 8.24. The summed E-state index contributed by atoms with van der Waals surface area (Å²) in [4.78, 5) is 15.9. The Morgan fingerprint density at radius 3 is 2.55 bits per heavy atom. The lowest BCUT2D eigenvalue weighted by atomic mass is 10.3. The highest BCUT2D eigenvalue weighted by Gasteiger charge is 2.27. The average Bonchev–Trinajstić information content (AvgIpc) is 3.15. The molecule has 0 aliphatic carbocycles. The minimum Gasteiger partial charge on any atom is -0.494 e. The van der Waals surface area contributed by atoms with Crippen LogP contribution >= 0.6 is 24.0 Å². The highest BCUT2D eigenvalue weighted by Crippen LogP contribution is 2.28. The first-order valence-corrected chi connectivity index (χ1v) is 9.08. The number of nitrogens with zero attached hydrogens (tertiary/aromatic N) is 2. The van der Waals surface area contributed by atoms with Crippen LogP contribution < -0.4 is 9.64 Å². The number of thioether (sulfide) groups is 1. The molecule has 0 aromatic heterocycles. The van der Waals surface area contributed by atoms with E-state index in [9.17, 15) is 4.79 Å². The van der Waals surface area contributed by atoms with Crippen LogP contribution in [0.5, 0.6) is 5.75 Å².